The van der Waals surface area contributed by atoms with Gasteiger partial charge in [0.05, 0.1) is 25.3 Å². The second-order valence-electron chi connectivity index (χ2n) is 6.48. The van der Waals surface area contributed by atoms with Gasteiger partial charge in [-0.15, -0.1) is 0 Å². The molecule has 7 nitrogen and oxygen atoms in total. The normalized spacial score (nSPS) is 15.6. The number of pyridine rings is 1. The molecule has 3 aromatic rings. The molecule has 2 aromatic heterocycles. The van der Waals surface area contributed by atoms with Crippen molar-refractivity contribution in [3.05, 3.63) is 77.9 Å². The fourth-order valence-electron chi connectivity index (χ4n) is 3.31. The third kappa shape index (κ3) is 3.46. The van der Waals surface area contributed by atoms with Crippen molar-refractivity contribution >= 4 is 17.5 Å². The van der Waals surface area contributed by atoms with Crippen LogP contribution in [0.4, 0.5) is 5.69 Å². The number of nitrogens with zero attached hydrogens (tertiary/aromatic N) is 2. The van der Waals surface area contributed by atoms with Crippen molar-refractivity contribution < 1.29 is 18.7 Å². The molecule has 1 aliphatic heterocycles. The van der Waals surface area contributed by atoms with Crippen LogP contribution in [-0.2, 0) is 17.8 Å². The molecule has 1 aromatic carbocycles. The highest BCUT2D eigenvalue weighted by Gasteiger charge is 2.36. The molecule has 1 atom stereocenters. The Morgan fingerprint density at radius 1 is 1.14 bits per heavy atom. The number of methoxy groups -OCH3 is 1. The van der Waals surface area contributed by atoms with E-state index in [1.165, 1.54) is 19.6 Å². The van der Waals surface area contributed by atoms with Crippen molar-refractivity contribution in [2.75, 3.05) is 12.4 Å². The molecule has 142 valence electrons. The predicted molar refractivity (Wildman–Crippen MR) is 102 cm³/mol. The molecule has 28 heavy (non-hydrogen) atoms. The van der Waals surface area contributed by atoms with Crippen molar-refractivity contribution in [2.24, 2.45) is 0 Å². The molecule has 0 bridgehead atoms. The predicted octanol–water partition coefficient (Wildman–Crippen LogP) is 2.89. The number of hydrogen-bond acceptors (Lipinski definition) is 5. The van der Waals surface area contributed by atoms with E-state index in [4.69, 9.17) is 9.15 Å². The Morgan fingerprint density at radius 3 is 2.64 bits per heavy atom. The number of ether oxygens (including phenoxy) is 1. The summed E-state index contributed by atoms with van der Waals surface area (Å²) < 4.78 is 10.3. The summed E-state index contributed by atoms with van der Waals surface area (Å²) in [5, 5.41) is 2.84. The monoisotopic (exact) mass is 377 g/mol. The smallest absolute Gasteiger partial charge is 0.290 e. The molecule has 1 unspecified atom stereocenters. The largest absolute Gasteiger partial charge is 0.481 e. The highest BCUT2D eigenvalue weighted by Crippen LogP contribution is 2.26. The van der Waals surface area contributed by atoms with E-state index < -0.39 is 6.04 Å². The molecular weight excluding hydrogens is 358 g/mol. The number of rotatable bonds is 4. The fourth-order valence-corrected chi connectivity index (χ4v) is 3.31. The number of aromatic nitrogens is 1. The molecule has 0 fully saturated rings. The minimum Gasteiger partial charge on any atom is -0.481 e. The van der Waals surface area contributed by atoms with Gasteiger partial charge in [-0.25, -0.2) is 4.98 Å². The highest BCUT2D eigenvalue weighted by atomic mass is 16.5. The number of carbonyl (C=O) groups excluding carboxylic acids is 2. The molecule has 0 spiro atoms. The average Bonchev–Trinajstić information content (AvgIpc) is 3.27. The first-order chi connectivity index (χ1) is 13.7. The number of benzene rings is 1. The Labute approximate surface area is 161 Å². The second kappa shape index (κ2) is 7.56. The van der Waals surface area contributed by atoms with E-state index in [1.807, 2.05) is 24.3 Å². The Kier molecular flexibility index (Phi) is 4.80. The first-order valence-corrected chi connectivity index (χ1v) is 8.88. The molecule has 7 heteroatoms. The first kappa shape index (κ1) is 17.8. The van der Waals surface area contributed by atoms with Gasteiger partial charge < -0.3 is 19.4 Å². The SMILES string of the molecule is COc1ccc(NC(=O)C2Cc3ccccc3CN2C(=O)c2ccco2)cn1. The van der Waals surface area contributed by atoms with E-state index in [1.54, 1.807) is 29.2 Å². The third-order valence-corrected chi connectivity index (χ3v) is 4.76. The summed E-state index contributed by atoms with van der Waals surface area (Å²) in [5.74, 6) is 0.0800. The number of hydrogen-bond donors (Lipinski definition) is 1. The van der Waals surface area contributed by atoms with E-state index in [0.29, 0.717) is 24.5 Å². The standard InChI is InChI=1S/C21H19N3O4/c1-27-19-9-8-16(12-22-19)23-20(25)17-11-14-5-2-3-6-15(14)13-24(17)21(26)18-7-4-10-28-18/h2-10,12,17H,11,13H2,1H3,(H,23,25). The van der Waals surface area contributed by atoms with Crippen LogP contribution in [0.3, 0.4) is 0 Å². The molecule has 0 saturated heterocycles. The lowest BCUT2D eigenvalue weighted by molar-refractivity contribution is -0.121. The van der Waals surface area contributed by atoms with Gasteiger partial charge in [0.1, 0.15) is 6.04 Å². The Bertz CT molecular complexity index is 983. The van der Waals surface area contributed by atoms with Gasteiger partial charge in [0.25, 0.3) is 5.91 Å². The van der Waals surface area contributed by atoms with Crippen LogP contribution in [-0.4, -0.2) is 34.8 Å². The summed E-state index contributed by atoms with van der Waals surface area (Å²) >= 11 is 0. The quantitative estimate of drug-likeness (QED) is 0.756. The maximum absolute atomic E-state index is 13.0. The summed E-state index contributed by atoms with van der Waals surface area (Å²) in [4.78, 5) is 31.6. The van der Waals surface area contributed by atoms with E-state index in [0.717, 1.165) is 11.1 Å². The Morgan fingerprint density at radius 2 is 1.96 bits per heavy atom. The minimum absolute atomic E-state index is 0.211. The van der Waals surface area contributed by atoms with E-state index >= 15 is 0 Å². The van der Waals surface area contributed by atoms with Crippen LogP contribution in [0.5, 0.6) is 5.88 Å². The molecule has 1 aliphatic rings. The zero-order valence-electron chi connectivity index (χ0n) is 15.3. The molecular formula is C21H19N3O4. The van der Waals surface area contributed by atoms with E-state index in [9.17, 15) is 9.59 Å². The topological polar surface area (TPSA) is 84.7 Å². The third-order valence-electron chi connectivity index (χ3n) is 4.76. The highest BCUT2D eigenvalue weighted by molar-refractivity contribution is 6.00. The lowest BCUT2D eigenvalue weighted by Gasteiger charge is -2.35. The maximum atomic E-state index is 13.0. The van der Waals surface area contributed by atoms with Gasteiger partial charge >= 0.3 is 0 Å². The average molecular weight is 377 g/mol. The van der Waals surface area contributed by atoms with Gasteiger partial charge in [0.2, 0.25) is 11.8 Å². The van der Waals surface area contributed by atoms with Crippen LogP contribution in [0.25, 0.3) is 0 Å². The summed E-state index contributed by atoms with van der Waals surface area (Å²) in [6.07, 6.45) is 3.40. The van der Waals surface area contributed by atoms with Crippen molar-refractivity contribution in [3.8, 4) is 5.88 Å². The summed E-state index contributed by atoms with van der Waals surface area (Å²) in [6, 6.07) is 13.8. The van der Waals surface area contributed by atoms with Crippen LogP contribution in [0, 0.1) is 0 Å². The molecule has 4 rings (SSSR count). The molecule has 3 heterocycles. The van der Waals surface area contributed by atoms with Crippen molar-refractivity contribution in [2.45, 2.75) is 19.0 Å². The lowest BCUT2D eigenvalue weighted by Crippen LogP contribution is -2.50. The number of anilines is 1. The van der Waals surface area contributed by atoms with E-state index in [2.05, 4.69) is 10.3 Å². The number of nitrogens with one attached hydrogen (secondary N) is 1. The van der Waals surface area contributed by atoms with Crippen molar-refractivity contribution in [1.82, 2.24) is 9.88 Å². The number of carbonyl (C=O) groups is 2. The zero-order chi connectivity index (χ0) is 19.5. The van der Waals surface area contributed by atoms with Gasteiger partial charge in [-0.2, -0.15) is 0 Å². The summed E-state index contributed by atoms with van der Waals surface area (Å²) in [6.45, 7) is 0.342. The summed E-state index contributed by atoms with van der Waals surface area (Å²) in [5.41, 5.74) is 2.62. The number of fused-ring (bicyclic) bond motifs is 1. The molecule has 0 radical (unpaired) electrons. The summed E-state index contributed by atoms with van der Waals surface area (Å²) in [7, 11) is 1.53. The molecule has 1 N–H and O–H groups in total. The fraction of sp³-hybridized carbons (Fsp3) is 0.190. The van der Waals surface area contributed by atoms with Gasteiger partial charge in [-0.05, 0) is 29.3 Å². The van der Waals surface area contributed by atoms with Crippen LogP contribution in [0.2, 0.25) is 0 Å². The zero-order valence-corrected chi connectivity index (χ0v) is 15.3. The Balaban J connectivity index is 1.61. The van der Waals surface area contributed by atoms with Crippen LogP contribution < -0.4 is 10.1 Å². The maximum Gasteiger partial charge on any atom is 0.290 e. The minimum atomic E-state index is -0.658. The van der Waals surface area contributed by atoms with Crippen molar-refractivity contribution in [3.63, 3.8) is 0 Å². The van der Waals surface area contributed by atoms with Gasteiger partial charge in [0.15, 0.2) is 5.76 Å². The van der Waals surface area contributed by atoms with Gasteiger partial charge in [-0.3, -0.25) is 9.59 Å². The number of amides is 2. The van der Waals surface area contributed by atoms with Gasteiger partial charge in [0, 0.05) is 19.0 Å². The van der Waals surface area contributed by atoms with Crippen molar-refractivity contribution in [1.29, 1.82) is 0 Å². The van der Waals surface area contributed by atoms with Crippen LogP contribution in [0.1, 0.15) is 21.7 Å². The molecule has 2 amide bonds. The van der Waals surface area contributed by atoms with Gasteiger partial charge in [-0.1, -0.05) is 24.3 Å². The number of furan rings is 1. The molecule has 0 aliphatic carbocycles. The second-order valence-corrected chi connectivity index (χ2v) is 6.48. The first-order valence-electron chi connectivity index (χ1n) is 8.88. The Hall–Kier alpha value is -3.61. The van der Waals surface area contributed by atoms with E-state index in [-0.39, 0.29) is 17.6 Å². The van der Waals surface area contributed by atoms with Crippen LogP contribution in [0.15, 0.2) is 65.4 Å². The lowest BCUT2D eigenvalue weighted by atomic mass is 9.93. The van der Waals surface area contributed by atoms with Crippen LogP contribution >= 0.6 is 0 Å². The molecule has 0 saturated carbocycles.